The lowest BCUT2D eigenvalue weighted by Gasteiger charge is -2.08. The van der Waals surface area contributed by atoms with E-state index in [4.69, 9.17) is 21.1 Å². The summed E-state index contributed by atoms with van der Waals surface area (Å²) in [5.41, 5.74) is 0.570. The molecule has 2 aromatic rings. The highest BCUT2D eigenvalue weighted by molar-refractivity contribution is 8.00. The van der Waals surface area contributed by atoms with Crippen LogP contribution in [0.5, 0.6) is 5.75 Å². The van der Waals surface area contributed by atoms with Gasteiger partial charge in [-0.05, 0) is 24.3 Å². The molecule has 0 saturated carbocycles. The first-order valence-electron chi connectivity index (χ1n) is 7.05. The molecule has 1 amide bonds. The van der Waals surface area contributed by atoms with Crippen LogP contribution in [0.4, 0.5) is 5.69 Å². The average molecular weight is 366 g/mol. The quantitative estimate of drug-likeness (QED) is 0.599. The van der Waals surface area contributed by atoms with Crippen LogP contribution < -0.4 is 10.1 Å². The Labute approximate surface area is 149 Å². The number of benzene rings is 2. The van der Waals surface area contributed by atoms with E-state index in [9.17, 15) is 9.59 Å². The Morgan fingerprint density at radius 3 is 2.71 bits per heavy atom. The Balaban J connectivity index is 1.75. The minimum atomic E-state index is -0.485. The monoisotopic (exact) mass is 365 g/mol. The van der Waals surface area contributed by atoms with Gasteiger partial charge in [-0.15, -0.1) is 11.8 Å². The van der Waals surface area contributed by atoms with E-state index < -0.39 is 11.9 Å². The van der Waals surface area contributed by atoms with E-state index in [1.54, 1.807) is 37.4 Å². The van der Waals surface area contributed by atoms with E-state index in [-0.39, 0.29) is 12.4 Å². The molecule has 126 valence electrons. The summed E-state index contributed by atoms with van der Waals surface area (Å²) in [4.78, 5) is 24.3. The number of ether oxygens (including phenoxy) is 2. The number of hydrogen-bond acceptors (Lipinski definition) is 5. The third kappa shape index (κ3) is 5.79. The van der Waals surface area contributed by atoms with Gasteiger partial charge in [-0.1, -0.05) is 29.8 Å². The van der Waals surface area contributed by atoms with Gasteiger partial charge < -0.3 is 14.8 Å². The second kappa shape index (κ2) is 9.20. The van der Waals surface area contributed by atoms with E-state index in [1.165, 1.54) is 11.8 Å². The van der Waals surface area contributed by atoms with Crippen molar-refractivity contribution in [3.05, 3.63) is 53.6 Å². The summed E-state index contributed by atoms with van der Waals surface area (Å²) >= 11 is 7.26. The summed E-state index contributed by atoms with van der Waals surface area (Å²) in [6, 6.07) is 14.1. The molecule has 0 saturated heterocycles. The van der Waals surface area contributed by atoms with Gasteiger partial charge in [0.25, 0.3) is 5.91 Å². The van der Waals surface area contributed by atoms with Gasteiger partial charge in [-0.25, -0.2) is 0 Å². The van der Waals surface area contributed by atoms with Crippen LogP contribution in [0.1, 0.15) is 0 Å². The number of amides is 1. The Morgan fingerprint density at radius 2 is 1.96 bits per heavy atom. The predicted octanol–water partition coefficient (Wildman–Crippen LogP) is 3.62. The number of carbonyl (C=O) groups excluding carboxylic acids is 2. The van der Waals surface area contributed by atoms with Crippen molar-refractivity contribution in [1.82, 2.24) is 0 Å². The molecule has 0 aliphatic heterocycles. The Morgan fingerprint density at radius 1 is 1.17 bits per heavy atom. The van der Waals surface area contributed by atoms with Gasteiger partial charge in [0.15, 0.2) is 6.61 Å². The topological polar surface area (TPSA) is 64.6 Å². The summed E-state index contributed by atoms with van der Waals surface area (Å²) in [6.07, 6.45) is 0. The molecular formula is C17H16ClNO4S. The summed E-state index contributed by atoms with van der Waals surface area (Å²) in [7, 11) is 1.54. The minimum absolute atomic E-state index is 0.0795. The van der Waals surface area contributed by atoms with E-state index in [0.717, 1.165) is 4.90 Å². The second-order valence-electron chi connectivity index (χ2n) is 4.66. The van der Waals surface area contributed by atoms with Crippen LogP contribution in [0.25, 0.3) is 0 Å². The lowest BCUT2D eigenvalue weighted by atomic mass is 10.3. The van der Waals surface area contributed by atoms with Gasteiger partial charge in [-0.3, -0.25) is 9.59 Å². The third-order valence-corrected chi connectivity index (χ3v) is 4.39. The number of thioether (sulfide) groups is 1. The largest absolute Gasteiger partial charge is 0.497 e. The molecule has 2 rings (SSSR count). The molecular weight excluding hydrogens is 350 g/mol. The highest BCUT2D eigenvalue weighted by Gasteiger charge is 2.10. The smallest absolute Gasteiger partial charge is 0.316 e. The fourth-order valence-electron chi connectivity index (χ4n) is 1.78. The molecule has 0 unspecified atom stereocenters. The zero-order chi connectivity index (χ0) is 17.4. The number of carbonyl (C=O) groups is 2. The normalized spacial score (nSPS) is 10.1. The fraction of sp³-hybridized carbons (Fsp3) is 0.176. The lowest BCUT2D eigenvalue weighted by molar-refractivity contribution is -0.144. The van der Waals surface area contributed by atoms with Crippen LogP contribution in [0.3, 0.4) is 0 Å². The van der Waals surface area contributed by atoms with Crippen LogP contribution in [0.2, 0.25) is 5.02 Å². The molecule has 0 spiro atoms. The standard InChI is InChI=1S/C17H16ClNO4S/c1-22-13-6-4-5-12(9-13)19-16(20)10-23-17(21)11-24-15-8-3-2-7-14(15)18/h2-9H,10-11H2,1H3,(H,19,20). The number of anilines is 1. The molecule has 0 heterocycles. The maximum atomic E-state index is 11.8. The molecule has 24 heavy (non-hydrogen) atoms. The fourth-order valence-corrected chi connectivity index (χ4v) is 2.82. The summed E-state index contributed by atoms with van der Waals surface area (Å²) in [6.45, 7) is -0.348. The van der Waals surface area contributed by atoms with Gasteiger partial charge in [0.2, 0.25) is 0 Å². The van der Waals surface area contributed by atoms with E-state index in [2.05, 4.69) is 5.32 Å². The van der Waals surface area contributed by atoms with Crippen molar-refractivity contribution in [2.75, 3.05) is 24.8 Å². The summed E-state index contributed by atoms with van der Waals surface area (Å²) < 4.78 is 10.0. The van der Waals surface area contributed by atoms with Crippen molar-refractivity contribution >= 4 is 40.9 Å². The van der Waals surface area contributed by atoms with Gasteiger partial charge in [0, 0.05) is 16.6 Å². The molecule has 0 aliphatic rings. The number of methoxy groups -OCH3 is 1. The Hall–Kier alpha value is -2.18. The minimum Gasteiger partial charge on any atom is -0.497 e. The molecule has 5 nitrogen and oxygen atoms in total. The molecule has 0 aromatic heterocycles. The van der Waals surface area contributed by atoms with Gasteiger partial charge >= 0.3 is 5.97 Å². The number of rotatable bonds is 7. The van der Waals surface area contributed by atoms with Crippen LogP contribution in [-0.4, -0.2) is 31.3 Å². The van der Waals surface area contributed by atoms with Gasteiger partial charge in [0.05, 0.1) is 17.9 Å². The average Bonchev–Trinajstić information content (AvgIpc) is 2.59. The van der Waals surface area contributed by atoms with Crippen LogP contribution in [0, 0.1) is 0 Å². The van der Waals surface area contributed by atoms with Crippen molar-refractivity contribution in [3.8, 4) is 5.75 Å². The number of esters is 1. The van der Waals surface area contributed by atoms with Crippen LogP contribution in [-0.2, 0) is 14.3 Å². The number of nitrogens with one attached hydrogen (secondary N) is 1. The first-order chi connectivity index (χ1) is 11.6. The SMILES string of the molecule is COc1cccc(NC(=O)COC(=O)CSc2ccccc2Cl)c1. The van der Waals surface area contributed by atoms with Crippen molar-refractivity contribution in [3.63, 3.8) is 0 Å². The zero-order valence-corrected chi connectivity index (χ0v) is 14.5. The molecule has 2 aromatic carbocycles. The maximum Gasteiger partial charge on any atom is 0.316 e. The second-order valence-corrected chi connectivity index (χ2v) is 6.08. The first-order valence-corrected chi connectivity index (χ1v) is 8.41. The Bertz CT molecular complexity index is 723. The summed E-state index contributed by atoms with van der Waals surface area (Å²) in [5, 5.41) is 3.21. The zero-order valence-electron chi connectivity index (χ0n) is 13.0. The van der Waals surface area contributed by atoms with Crippen LogP contribution >= 0.6 is 23.4 Å². The summed E-state index contributed by atoms with van der Waals surface area (Å²) in [5.74, 6) is -0.197. The first kappa shape index (κ1) is 18.2. The molecule has 0 atom stereocenters. The maximum absolute atomic E-state index is 11.8. The highest BCUT2D eigenvalue weighted by atomic mass is 35.5. The van der Waals surface area contributed by atoms with E-state index in [0.29, 0.717) is 16.5 Å². The lowest BCUT2D eigenvalue weighted by Crippen LogP contribution is -2.21. The van der Waals surface area contributed by atoms with Crippen molar-refractivity contribution in [2.24, 2.45) is 0 Å². The number of hydrogen-bond donors (Lipinski definition) is 1. The van der Waals surface area contributed by atoms with Crippen molar-refractivity contribution in [2.45, 2.75) is 4.90 Å². The molecule has 1 N–H and O–H groups in total. The van der Waals surface area contributed by atoms with E-state index in [1.807, 2.05) is 18.2 Å². The molecule has 0 bridgehead atoms. The van der Waals surface area contributed by atoms with Gasteiger partial charge in [0.1, 0.15) is 5.75 Å². The van der Waals surface area contributed by atoms with E-state index >= 15 is 0 Å². The Kier molecular flexibility index (Phi) is 6.96. The van der Waals surface area contributed by atoms with Crippen LogP contribution in [0.15, 0.2) is 53.4 Å². The number of halogens is 1. The predicted molar refractivity (Wildman–Crippen MR) is 94.8 cm³/mol. The van der Waals surface area contributed by atoms with Crippen molar-refractivity contribution in [1.29, 1.82) is 0 Å². The molecule has 0 aliphatic carbocycles. The third-order valence-electron chi connectivity index (χ3n) is 2.90. The van der Waals surface area contributed by atoms with Crippen molar-refractivity contribution < 1.29 is 19.1 Å². The molecule has 0 fully saturated rings. The molecule has 0 radical (unpaired) electrons. The molecule has 7 heteroatoms. The van der Waals surface area contributed by atoms with Gasteiger partial charge in [-0.2, -0.15) is 0 Å². The highest BCUT2D eigenvalue weighted by Crippen LogP contribution is 2.26.